The molecule has 2 aromatic rings. The van der Waals surface area contributed by atoms with Crippen LogP contribution in [-0.2, 0) is 9.59 Å². The first-order valence-corrected chi connectivity index (χ1v) is 9.79. The number of nitrogens with zero attached hydrogens (tertiary/aromatic N) is 1. The number of likely N-dealkylation sites (N-methyl/N-ethyl adjacent to an activating group) is 1. The van der Waals surface area contributed by atoms with Crippen molar-refractivity contribution < 1.29 is 9.59 Å². The second-order valence-electron chi connectivity index (χ2n) is 7.31. The van der Waals surface area contributed by atoms with Crippen LogP contribution in [0.5, 0.6) is 0 Å². The summed E-state index contributed by atoms with van der Waals surface area (Å²) in [6, 6.07) is 15.9. The molecule has 28 heavy (non-hydrogen) atoms. The van der Waals surface area contributed by atoms with E-state index >= 15 is 0 Å². The maximum Gasteiger partial charge on any atom is 0.238 e. The minimum Gasteiger partial charge on any atom is -0.348 e. The Morgan fingerprint density at radius 2 is 1.54 bits per heavy atom. The van der Waals surface area contributed by atoms with E-state index in [1.807, 2.05) is 62.4 Å². The number of carbonyl (C=O) groups is 2. The van der Waals surface area contributed by atoms with Gasteiger partial charge in [-0.3, -0.25) is 14.5 Å². The molecular weight excluding hydrogens is 350 g/mol. The summed E-state index contributed by atoms with van der Waals surface area (Å²) >= 11 is 0. The van der Waals surface area contributed by atoms with E-state index in [1.165, 1.54) is 0 Å². The Kier molecular flexibility index (Phi) is 8.20. The van der Waals surface area contributed by atoms with Gasteiger partial charge in [0.15, 0.2) is 0 Å². The largest absolute Gasteiger partial charge is 0.348 e. The molecule has 2 rings (SSSR count). The highest BCUT2D eigenvalue weighted by atomic mass is 16.2. The Morgan fingerprint density at radius 3 is 2.14 bits per heavy atom. The number of hydrogen-bond donors (Lipinski definition) is 2. The molecule has 5 nitrogen and oxygen atoms in total. The van der Waals surface area contributed by atoms with Crippen molar-refractivity contribution in [3.05, 3.63) is 65.2 Å². The van der Waals surface area contributed by atoms with Crippen molar-refractivity contribution in [2.75, 3.05) is 25.5 Å². The number of rotatable bonds is 9. The predicted octanol–water partition coefficient (Wildman–Crippen LogP) is 3.83. The van der Waals surface area contributed by atoms with Gasteiger partial charge in [-0.15, -0.1) is 0 Å². The van der Waals surface area contributed by atoms with Gasteiger partial charge in [-0.1, -0.05) is 61.9 Å². The van der Waals surface area contributed by atoms with E-state index in [2.05, 4.69) is 17.6 Å². The van der Waals surface area contributed by atoms with Crippen LogP contribution in [0, 0.1) is 13.8 Å². The Labute approximate surface area is 168 Å². The molecular formula is C23H31N3O2. The zero-order chi connectivity index (χ0) is 20.5. The molecule has 0 bridgehead atoms. The molecule has 0 saturated carbocycles. The van der Waals surface area contributed by atoms with E-state index in [1.54, 1.807) is 11.9 Å². The van der Waals surface area contributed by atoms with Crippen molar-refractivity contribution >= 4 is 17.5 Å². The molecule has 1 atom stereocenters. The van der Waals surface area contributed by atoms with E-state index in [9.17, 15) is 9.59 Å². The van der Waals surface area contributed by atoms with Crippen molar-refractivity contribution in [2.45, 2.75) is 39.7 Å². The van der Waals surface area contributed by atoms with Crippen LogP contribution >= 0.6 is 0 Å². The number of hydrogen-bond acceptors (Lipinski definition) is 3. The number of amides is 2. The van der Waals surface area contributed by atoms with Gasteiger partial charge in [-0.2, -0.15) is 0 Å². The maximum absolute atomic E-state index is 12.5. The average molecular weight is 382 g/mol. The van der Waals surface area contributed by atoms with Crippen LogP contribution in [0.15, 0.2) is 48.5 Å². The zero-order valence-electron chi connectivity index (χ0n) is 17.3. The summed E-state index contributed by atoms with van der Waals surface area (Å²) < 4.78 is 0. The Hall–Kier alpha value is -2.66. The molecule has 0 fully saturated rings. The van der Waals surface area contributed by atoms with E-state index < -0.39 is 0 Å². The standard InChI is InChI=1S/C23H31N3O2/c1-5-10-20(19-13-7-6-8-14-19)24-21(27)15-26(4)16-22(28)25-23-17(2)11-9-12-18(23)3/h6-9,11-14,20H,5,10,15-16H2,1-4H3,(H,24,27)(H,25,28)/t20-/m0/s1. The number of carbonyl (C=O) groups excluding carboxylic acids is 2. The second-order valence-corrected chi connectivity index (χ2v) is 7.31. The number of nitrogens with one attached hydrogen (secondary N) is 2. The van der Waals surface area contributed by atoms with E-state index in [0.717, 1.165) is 35.2 Å². The molecule has 0 heterocycles. The van der Waals surface area contributed by atoms with E-state index in [4.69, 9.17) is 0 Å². The van der Waals surface area contributed by atoms with Crippen molar-refractivity contribution in [3.63, 3.8) is 0 Å². The lowest BCUT2D eigenvalue weighted by molar-refractivity contribution is -0.123. The first kappa shape index (κ1) is 21.6. The highest BCUT2D eigenvalue weighted by Gasteiger charge is 2.16. The van der Waals surface area contributed by atoms with Crippen LogP contribution in [0.25, 0.3) is 0 Å². The SMILES string of the molecule is CCC[C@H](NC(=O)CN(C)CC(=O)Nc1c(C)cccc1C)c1ccccc1. The molecule has 2 aromatic carbocycles. The van der Waals surface area contributed by atoms with Gasteiger partial charge < -0.3 is 10.6 Å². The molecule has 0 aliphatic heterocycles. The van der Waals surface area contributed by atoms with Crippen LogP contribution in [0.4, 0.5) is 5.69 Å². The quantitative estimate of drug-likeness (QED) is 0.694. The van der Waals surface area contributed by atoms with Crippen LogP contribution in [0.2, 0.25) is 0 Å². The summed E-state index contributed by atoms with van der Waals surface area (Å²) in [5.41, 5.74) is 4.00. The molecule has 0 spiro atoms. The van der Waals surface area contributed by atoms with Gasteiger partial charge in [-0.25, -0.2) is 0 Å². The summed E-state index contributed by atoms with van der Waals surface area (Å²) in [5.74, 6) is -0.203. The number of anilines is 1. The molecule has 0 aliphatic rings. The summed E-state index contributed by atoms with van der Waals surface area (Å²) in [6.45, 7) is 6.37. The molecule has 5 heteroatoms. The average Bonchev–Trinajstić information content (AvgIpc) is 2.65. The smallest absolute Gasteiger partial charge is 0.238 e. The van der Waals surface area contributed by atoms with Gasteiger partial charge in [0.2, 0.25) is 11.8 Å². The molecule has 0 unspecified atom stereocenters. The van der Waals surface area contributed by atoms with Gasteiger partial charge in [0.05, 0.1) is 19.1 Å². The van der Waals surface area contributed by atoms with Gasteiger partial charge in [0.1, 0.15) is 0 Å². The third-order valence-corrected chi connectivity index (χ3v) is 4.69. The third-order valence-electron chi connectivity index (χ3n) is 4.69. The summed E-state index contributed by atoms with van der Waals surface area (Å²) in [7, 11) is 1.78. The first-order valence-electron chi connectivity index (χ1n) is 9.79. The lowest BCUT2D eigenvalue weighted by Gasteiger charge is -2.21. The topological polar surface area (TPSA) is 61.4 Å². The van der Waals surface area contributed by atoms with Gasteiger partial charge >= 0.3 is 0 Å². The molecule has 2 amide bonds. The normalized spacial score (nSPS) is 11.9. The Balaban J connectivity index is 1.88. The molecule has 0 aromatic heterocycles. The first-order chi connectivity index (χ1) is 13.4. The lowest BCUT2D eigenvalue weighted by atomic mass is 10.0. The monoisotopic (exact) mass is 381 g/mol. The second kappa shape index (κ2) is 10.6. The Morgan fingerprint density at radius 1 is 0.929 bits per heavy atom. The minimum atomic E-state index is -0.124. The highest BCUT2D eigenvalue weighted by molar-refractivity contribution is 5.94. The lowest BCUT2D eigenvalue weighted by Crippen LogP contribution is -2.40. The van der Waals surface area contributed by atoms with Crippen LogP contribution in [0.3, 0.4) is 0 Å². The fourth-order valence-corrected chi connectivity index (χ4v) is 3.27. The van der Waals surface area contributed by atoms with Crippen LogP contribution in [0.1, 0.15) is 42.5 Å². The minimum absolute atomic E-state index is 0.00413. The van der Waals surface area contributed by atoms with Crippen molar-refractivity contribution in [1.29, 1.82) is 0 Å². The summed E-state index contributed by atoms with van der Waals surface area (Å²) in [6.07, 6.45) is 1.86. The molecule has 0 radical (unpaired) electrons. The zero-order valence-corrected chi connectivity index (χ0v) is 17.3. The third kappa shape index (κ3) is 6.50. The van der Waals surface area contributed by atoms with E-state index in [-0.39, 0.29) is 30.9 Å². The Bertz CT molecular complexity index is 769. The van der Waals surface area contributed by atoms with E-state index in [0.29, 0.717) is 0 Å². The number of para-hydroxylation sites is 1. The number of aryl methyl sites for hydroxylation is 2. The van der Waals surface area contributed by atoms with Gasteiger partial charge in [-0.05, 0) is 44.0 Å². The molecule has 150 valence electrons. The summed E-state index contributed by atoms with van der Waals surface area (Å²) in [4.78, 5) is 26.6. The summed E-state index contributed by atoms with van der Waals surface area (Å²) in [5, 5.41) is 6.05. The predicted molar refractivity (Wildman–Crippen MR) is 114 cm³/mol. The molecule has 0 saturated heterocycles. The van der Waals surface area contributed by atoms with Crippen molar-refractivity contribution in [3.8, 4) is 0 Å². The van der Waals surface area contributed by atoms with Crippen LogP contribution < -0.4 is 10.6 Å². The van der Waals surface area contributed by atoms with Crippen LogP contribution in [-0.4, -0.2) is 36.9 Å². The highest BCUT2D eigenvalue weighted by Crippen LogP contribution is 2.19. The maximum atomic E-state index is 12.5. The van der Waals surface area contributed by atoms with Gasteiger partial charge in [0, 0.05) is 5.69 Å². The molecule has 2 N–H and O–H groups in total. The molecule has 0 aliphatic carbocycles. The fourth-order valence-electron chi connectivity index (χ4n) is 3.27. The fraction of sp³-hybridized carbons (Fsp3) is 0.391. The van der Waals surface area contributed by atoms with Crippen molar-refractivity contribution in [1.82, 2.24) is 10.2 Å². The number of benzene rings is 2. The van der Waals surface area contributed by atoms with Gasteiger partial charge in [0.25, 0.3) is 0 Å². The van der Waals surface area contributed by atoms with Crippen molar-refractivity contribution in [2.24, 2.45) is 0 Å².